The minimum atomic E-state index is -0.293. The maximum absolute atomic E-state index is 12.5. The van der Waals surface area contributed by atoms with Crippen LogP contribution in [0.1, 0.15) is 21.6 Å². The van der Waals surface area contributed by atoms with E-state index in [4.69, 9.17) is 4.74 Å². The lowest BCUT2D eigenvalue weighted by Gasteiger charge is -2.11. The Labute approximate surface area is 152 Å². The summed E-state index contributed by atoms with van der Waals surface area (Å²) in [4.78, 5) is 20.7. The molecule has 26 heavy (non-hydrogen) atoms. The van der Waals surface area contributed by atoms with E-state index in [0.29, 0.717) is 11.6 Å². The van der Waals surface area contributed by atoms with Gasteiger partial charge in [-0.25, -0.2) is 9.97 Å². The minimum Gasteiger partial charge on any atom is -0.495 e. The Balaban J connectivity index is 1.78. The van der Waals surface area contributed by atoms with Crippen LogP contribution < -0.4 is 15.4 Å². The summed E-state index contributed by atoms with van der Waals surface area (Å²) in [7, 11) is 1.60. The molecule has 2 aromatic carbocycles. The molecule has 0 bridgehead atoms. The molecule has 3 rings (SSSR count). The first-order valence-corrected chi connectivity index (χ1v) is 8.17. The third kappa shape index (κ3) is 3.97. The van der Waals surface area contributed by atoms with Crippen molar-refractivity contribution >= 4 is 23.1 Å². The van der Waals surface area contributed by atoms with E-state index in [1.807, 2.05) is 56.3 Å². The zero-order valence-corrected chi connectivity index (χ0v) is 14.9. The number of methoxy groups -OCH3 is 1. The SMILES string of the molecule is COc1ccccc1Nc1cc(C(=O)Nc2ccc(C)c(C)c2)ncn1. The summed E-state index contributed by atoms with van der Waals surface area (Å²) in [6.07, 6.45) is 1.35. The number of ether oxygens (including phenoxy) is 1. The zero-order chi connectivity index (χ0) is 18.5. The normalized spacial score (nSPS) is 10.3. The largest absolute Gasteiger partial charge is 0.495 e. The summed E-state index contributed by atoms with van der Waals surface area (Å²) >= 11 is 0. The van der Waals surface area contributed by atoms with Gasteiger partial charge in [0.2, 0.25) is 0 Å². The van der Waals surface area contributed by atoms with Crippen LogP contribution in [0.3, 0.4) is 0 Å². The number of hydrogen-bond acceptors (Lipinski definition) is 5. The maximum atomic E-state index is 12.5. The summed E-state index contributed by atoms with van der Waals surface area (Å²) in [5.41, 5.74) is 4.05. The van der Waals surface area contributed by atoms with Crippen molar-refractivity contribution in [2.45, 2.75) is 13.8 Å². The molecule has 6 heteroatoms. The monoisotopic (exact) mass is 348 g/mol. The summed E-state index contributed by atoms with van der Waals surface area (Å²) in [5, 5.41) is 6.00. The minimum absolute atomic E-state index is 0.274. The van der Waals surface area contributed by atoms with Gasteiger partial charge in [-0.05, 0) is 49.2 Å². The highest BCUT2D eigenvalue weighted by Crippen LogP contribution is 2.26. The first kappa shape index (κ1) is 17.4. The number of amides is 1. The van der Waals surface area contributed by atoms with Crippen LogP contribution in [-0.4, -0.2) is 23.0 Å². The van der Waals surface area contributed by atoms with Gasteiger partial charge in [0.15, 0.2) is 0 Å². The van der Waals surface area contributed by atoms with Crippen LogP contribution >= 0.6 is 0 Å². The molecule has 1 aromatic heterocycles. The number of carbonyl (C=O) groups is 1. The van der Waals surface area contributed by atoms with Gasteiger partial charge in [-0.1, -0.05) is 18.2 Å². The van der Waals surface area contributed by atoms with Gasteiger partial charge in [0.05, 0.1) is 12.8 Å². The third-order valence-electron chi connectivity index (χ3n) is 4.03. The molecule has 0 unspecified atom stereocenters. The molecule has 0 spiro atoms. The maximum Gasteiger partial charge on any atom is 0.274 e. The van der Waals surface area contributed by atoms with Crippen LogP contribution in [0.2, 0.25) is 0 Å². The number of rotatable bonds is 5. The standard InChI is InChI=1S/C20H20N4O2/c1-13-8-9-15(10-14(13)2)23-20(25)17-11-19(22-12-21-17)24-16-6-4-5-7-18(16)26-3/h4-12H,1-3H3,(H,23,25)(H,21,22,24). The molecule has 3 aromatic rings. The molecule has 0 fully saturated rings. The van der Waals surface area contributed by atoms with Crippen LogP contribution in [0, 0.1) is 13.8 Å². The molecule has 0 aliphatic heterocycles. The Morgan fingerprint density at radius 1 is 1.00 bits per heavy atom. The van der Waals surface area contributed by atoms with Gasteiger partial charge in [0.1, 0.15) is 23.6 Å². The highest BCUT2D eigenvalue weighted by atomic mass is 16.5. The molecule has 6 nitrogen and oxygen atoms in total. The number of anilines is 3. The predicted molar refractivity (Wildman–Crippen MR) is 102 cm³/mol. The molecule has 132 valence electrons. The van der Waals surface area contributed by atoms with E-state index in [2.05, 4.69) is 20.6 Å². The van der Waals surface area contributed by atoms with Crippen LogP contribution in [0.4, 0.5) is 17.2 Å². The second kappa shape index (κ2) is 7.65. The zero-order valence-electron chi connectivity index (χ0n) is 14.9. The first-order valence-electron chi connectivity index (χ1n) is 8.17. The van der Waals surface area contributed by atoms with E-state index in [1.54, 1.807) is 13.2 Å². The van der Waals surface area contributed by atoms with Gasteiger partial charge in [-0.3, -0.25) is 4.79 Å². The number of hydrogen-bond donors (Lipinski definition) is 2. The third-order valence-corrected chi connectivity index (χ3v) is 4.03. The molecule has 2 N–H and O–H groups in total. The van der Waals surface area contributed by atoms with Crippen molar-refractivity contribution in [3.05, 3.63) is 71.7 Å². The van der Waals surface area contributed by atoms with Crippen molar-refractivity contribution in [1.82, 2.24) is 9.97 Å². The number of nitrogens with zero attached hydrogens (tertiary/aromatic N) is 2. The van der Waals surface area contributed by atoms with Crippen LogP contribution in [0.15, 0.2) is 54.9 Å². The molecule has 0 atom stereocenters. The summed E-state index contributed by atoms with van der Waals surface area (Å²) in [6.45, 7) is 4.03. The van der Waals surface area contributed by atoms with Gasteiger partial charge >= 0.3 is 0 Å². The van der Waals surface area contributed by atoms with Gasteiger partial charge in [-0.2, -0.15) is 0 Å². The lowest BCUT2D eigenvalue weighted by atomic mass is 10.1. The topological polar surface area (TPSA) is 76.1 Å². The van der Waals surface area contributed by atoms with Crippen LogP contribution in [-0.2, 0) is 0 Å². The predicted octanol–water partition coefficient (Wildman–Crippen LogP) is 4.10. The fourth-order valence-corrected chi connectivity index (χ4v) is 2.45. The molecule has 1 amide bonds. The summed E-state index contributed by atoms with van der Waals surface area (Å²) in [5.74, 6) is 0.903. The Kier molecular flexibility index (Phi) is 5.12. The molecular formula is C20H20N4O2. The first-order chi connectivity index (χ1) is 12.6. The average Bonchev–Trinajstić information content (AvgIpc) is 2.65. The van der Waals surface area contributed by atoms with Crippen molar-refractivity contribution in [3.8, 4) is 5.75 Å². The number of aryl methyl sites for hydroxylation is 2. The highest BCUT2D eigenvalue weighted by molar-refractivity contribution is 6.03. The molecule has 0 radical (unpaired) electrons. The van der Waals surface area contributed by atoms with Crippen LogP contribution in [0.5, 0.6) is 5.75 Å². The second-order valence-corrected chi connectivity index (χ2v) is 5.87. The number of para-hydroxylation sites is 2. The second-order valence-electron chi connectivity index (χ2n) is 5.87. The van der Waals surface area contributed by atoms with Crippen LogP contribution in [0.25, 0.3) is 0 Å². The fourth-order valence-electron chi connectivity index (χ4n) is 2.45. The van der Waals surface area contributed by atoms with E-state index < -0.39 is 0 Å². The molecule has 0 saturated carbocycles. The highest BCUT2D eigenvalue weighted by Gasteiger charge is 2.11. The van der Waals surface area contributed by atoms with E-state index in [1.165, 1.54) is 11.9 Å². The van der Waals surface area contributed by atoms with Gasteiger partial charge in [0.25, 0.3) is 5.91 Å². The molecule has 1 heterocycles. The van der Waals surface area contributed by atoms with E-state index in [0.717, 1.165) is 16.9 Å². The van der Waals surface area contributed by atoms with Gasteiger partial charge in [-0.15, -0.1) is 0 Å². The van der Waals surface area contributed by atoms with E-state index >= 15 is 0 Å². The molecule has 0 saturated heterocycles. The van der Waals surface area contributed by atoms with Gasteiger partial charge in [0, 0.05) is 11.8 Å². The fraction of sp³-hybridized carbons (Fsp3) is 0.150. The van der Waals surface area contributed by atoms with Gasteiger partial charge < -0.3 is 15.4 Å². The lowest BCUT2D eigenvalue weighted by molar-refractivity contribution is 0.102. The summed E-state index contributed by atoms with van der Waals surface area (Å²) in [6, 6.07) is 14.9. The Morgan fingerprint density at radius 3 is 2.58 bits per heavy atom. The smallest absolute Gasteiger partial charge is 0.274 e. The number of aromatic nitrogens is 2. The summed E-state index contributed by atoms with van der Waals surface area (Å²) < 4.78 is 5.31. The Hall–Kier alpha value is -3.41. The van der Waals surface area contributed by atoms with Crippen molar-refractivity contribution in [2.24, 2.45) is 0 Å². The van der Waals surface area contributed by atoms with Crippen molar-refractivity contribution < 1.29 is 9.53 Å². The van der Waals surface area contributed by atoms with Crippen molar-refractivity contribution in [2.75, 3.05) is 17.7 Å². The quantitative estimate of drug-likeness (QED) is 0.726. The molecule has 0 aliphatic carbocycles. The van der Waals surface area contributed by atoms with E-state index in [9.17, 15) is 4.79 Å². The molecular weight excluding hydrogens is 328 g/mol. The number of nitrogens with one attached hydrogen (secondary N) is 2. The Bertz CT molecular complexity index is 941. The number of carbonyl (C=O) groups excluding carboxylic acids is 1. The van der Waals surface area contributed by atoms with E-state index in [-0.39, 0.29) is 11.6 Å². The van der Waals surface area contributed by atoms with Crippen molar-refractivity contribution in [3.63, 3.8) is 0 Å². The molecule has 0 aliphatic rings. The average molecular weight is 348 g/mol. The lowest BCUT2D eigenvalue weighted by Crippen LogP contribution is -2.14. The van der Waals surface area contributed by atoms with Crippen molar-refractivity contribution in [1.29, 1.82) is 0 Å². The number of benzene rings is 2. The Morgan fingerprint density at radius 2 is 1.81 bits per heavy atom.